The molecule has 2 atom stereocenters. The van der Waals surface area contributed by atoms with E-state index in [0.29, 0.717) is 18.1 Å². The van der Waals surface area contributed by atoms with Crippen molar-refractivity contribution in [3.05, 3.63) is 42.7 Å². The van der Waals surface area contributed by atoms with Crippen molar-refractivity contribution in [2.45, 2.75) is 30.8 Å². The van der Waals surface area contributed by atoms with E-state index in [1.54, 1.807) is 30.5 Å². The number of hydrogen-bond donors (Lipinski definition) is 2. The SMILES string of the molecule is C[C@@H](NCC1=NS(=O)(=O)c2ccccc2N1)[C@H](C)n1cccn1. The molecule has 0 spiro atoms. The van der Waals surface area contributed by atoms with Crippen LogP contribution < -0.4 is 10.6 Å². The molecule has 0 fully saturated rings. The first-order chi connectivity index (χ1) is 11.0. The summed E-state index contributed by atoms with van der Waals surface area (Å²) < 4.78 is 30.1. The van der Waals surface area contributed by atoms with Gasteiger partial charge in [0.2, 0.25) is 0 Å². The Morgan fingerprint density at radius 3 is 2.78 bits per heavy atom. The monoisotopic (exact) mass is 333 g/mol. The number of nitrogens with one attached hydrogen (secondary N) is 2. The standard InChI is InChI=1S/C15H19N5O2S/c1-11(12(2)20-9-5-8-17-20)16-10-15-18-13-6-3-4-7-14(13)23(21,22)19-15/h3-9,11-12,16H,10H2,1-2H3,(H,18,19)/t11-,12+/m1/s1. The van der Waals surface area contributed by atoms with Gasteiger partial charge in [-0.2, -0.15) is 13.5 Å². The Balaban J connectivity index is 1.69. The van der Waals surface area contributed by atoms with Crippen LogP contribution in [0.2, 0.25) is 0 Å². The summed E-state index contributed by atoms with van der Waals surface area (Å²) in [5.74, 6) is 0.392. The van der Waals surface area contributed by atoms with Crippen molar-refractivity contribution in [1.82, 2.24) is 15.1 Å². The van der Waals surface area contributed by atoms with Gasteiger partial charge in [-0.15, -0.1) is 4.40 Å². The molecule has 0 unspecified atom stereocenters. The van der Waals surface area contributed by atoms with Gasteiger partial charge in [0.05, 0.1) is 18.3 Å². The zero-order chi connectivity index (χ0) is 16.4. The molecule has 0 bridgehead atoms. The summed E-state index contributed by atoms with van der Waals surface area (Å²) >= 11 is 0. The zero-order valence-electron chi connectivity index (χ0n) is 13.0. The molecule has 1 aromatic heterocycles. The molecule has 0 saturated heterocycles. The number of amidine groups is 1. The fourth-order valence-electron chi connectivity index (χ4n) is 2.42. The first-order valence-electron chi connectivity index (χ1n) is 7.40. The molecule has 1 aliphatic rings. The number of para-hydroxylation sites is 1. The van der Waals surface area contributed by atoms with E-state index >= 15 is 0 Å². The van der Waals surface area contributed by atoms with Crippen LogP contribution in [-0.4, -0.2) is 36.6 Å². The van der Waals surface area contributed by atoms with E-state index in [1.165, 1.54) is 0 Å². The van der Waals surface area contributed by atoms with Gasteiger partial charge in [-0.1, -0.05) is 12.1 Å². The smallest absolute Gasteiger partial charge is 0.286 e. The highest BCUT2D eigenvalue weighted by atomic mass is 32.2. The molecule has 23 heavy (non-hydrogen) atoms. The van der Waals surface area contributed by atoms with Gasteiger partial charge in [-0.25, -0.2) is 0 Å². The van der Waals surface area contributed by atoms with Gasteiger partial charge in [-0.3, -0.25) is 4.68 Å². The lowest BCUT2D eigenvalue weighted by molar-refractivity contribution is 0.378. The highest BCUT2D eigenvalue weighted by Gasteiger charge is 2.24. The number of aromatic nitrogens is 2. The predicted molar refractivity (Wildman–Crippen MR) is 89.1 cm³/mol. The van der Waals surface area contributed by atoms with Crippen molar-refractivity contribution in [3.63, 3.8) is 0 Å². The summed E-state index contributed by atoms with van der Waals surface area (Å²) in [4.78, 5) is 0.210. The normalized spacial score (nSPS) is 18.4. The van der Waals surface area contributed by atoms with Crippen molar-refractivity contribution < 1.29 is 8.42 Å². The summed E-state index contributed by atoms with van der Waals surface area (Å²) in [6, 6.07) is 8.87. The quantitative estimate of drug-likeness (QED) is 0.868. The average Bonchev–Trinajstić information content (AvgIpc) is 3.05. The second kappa shape index (κ2) is 6.13. The van der Waals surface area contributed by atoms with Gasteiger partial charge < -0.3 is 10.6 Å². The molecular weight excluding hydrogens is 314 g/mol. The van der Waals surface area contributed by atoms with Crippen molar-refractivity contribution in [2.24, 2.45) is 4.40 Å². The maximum Gasteiger partial charge on any atom is 0.286 e. The number of hydrogen-bond acceptors (Lipinski definition) is 5. The second-order valence-electron chi connectivity index (χ2n) is 5.53. The van der Waals surface area contributed by atoms with Crippen molar-refractivity contribution >= 4 is 21.5 Å². The molecular formula is C15H19N5O2S. The lowest BCUT2D eigenvalue weighted by atomic mass is 10.2. The topological polar surface area (TPSA) is 88.4 Å². The number of rotatable bonds is 5. The molecule has 0 aliphatic carbocycles. The minimum atomic E-state index is -3.63. The molecule has 0 amide bonds. The third kappa shape index (κ3) is 3.27. The van der Waals surface area contributed by atoms with E-state index < -0.39 is 10.0 Å². The summed E-state index contributed by atoms with van der Waals surface area (Å²) in [5, 5.41) is 10.6. The van der Waals surface area contributed by atoms with Gasteiger partial charge in [0.1, 0.15) is 10.7 Å². The van der Waals surface area contributed by atoms with Crippen molar-refractivity contribution in [3.8, 4) is 0 Å². The molecule has 8 heteroatoms. The van der Waals surface area contributed by atoms with Gasteiger partial charge >= 0.3 is 0 Å². The molecule has 1 aliphatic heterocycles. The lowest BCUT2D eigenvalue weighted by Gasteiger charge is -2.24. The molecule has 3 rings (SSSR count). The maximum atomic E-state index is 12.2. The second-order valence-corrected chi connectivity index (χ2v) is 7.10. The highest BCUT2D eigenvalue weighted by molar-refractivity contribution is 7.90. The van der Waals surface area contributed by atoms with Crippen molar-refractivity contribution in [1.29, 1.82) is 0 Å². The van der Waals surface area contributed by atoms with E-state index in [1.807, 2.05) is 30.8 Å². The highest BCUT2D eigenvalue weighted by Crippen LogP contribution is 2.26. The first kappa shape index (κ1) is 15.7. The molecule has 0 saturated carbocycles. The Morgan fingerprint density at radius 2 is 2.04 bits per heavy atom. The van der Waals surface area contributed by atoms with Crippen LogP contribution in [0.4, 0.5) is 5.69 Å². The Bertz CT molecular complexity index is 814. The van der Waals surface area contributed by atoms with E-state index in [2.05, 4.69) is 20.1 Å². The molecule has 2 heterocycles. The van der Waals surface area contributed by atoms with E-state index in [4.69, 9.17) is 0 Å². The van der Waals surface area contributed by atoms with Crippen LogP contribution in [0.3, 0.4) is 0 Å². The van der Waals surface area contributed by atoms with Gasteiger partial charge in [-0.05, 0) is 32.0 Å². The predicted octanol–water partition coefficient (Wildman–Crippen LogP) is 1.64. The fraction of sp³-hybridized carbons (Fsp3) is 0.333. The van der Waals surface area contributed by atoms with E-state index in [9.17, 15) is 8.42 Å². The summed E-state index contributed by atoms with van der Waals surface area (Å²) in [6.45, 7) is 4.41. The zero-order valence-corrected chi connectivity index (χ0v) is 13.8. The maximum absolute atomic E-state index is 12.2. The molecule has 2 aromatic rings. The van der Waals surface area contributed by atoms with Crippen molar-refractivity contribution in [2.75, 3.05) is 11.9 Å². The van der Waals surface area contributed by atoms with E-state index in [-0.39, 0.29) is 17.0 Å². The minimum Gasteiger partial charge on any atom is -0.341 e. The van der Waals surface area contributed by atoms with Crippen LogP contribution >= 0.6 is 0 Å². The Hall–Kier alpha value is -2.19. The number of fused-ring (bicyclic) bond motifs is 1. The van der Waals surface area contributed by atoms with Gasteiger partial charge in [0.25, 0.3) is 10.0 Å². The number of benzene rings is 1. The number of sulfonamides is 1. The summed E-state index contributed by atoms with van der Waals surface area (Å²) in [6.07, 6.45) is 3.64. The van der Waals surface area contributed by atoms with E-state index in [0.717, 1.165) is 0 Å². The molecule has 0 radical (unpaired) electrons. The lowest BCUT2D eigenvalue weighted by Crippen LogP contribution is -2.40. The summed E-state index contributed by atoms with van der Waals surface area (Å²) in [5.41, 5.74) is 0.562. The van der Waals surface area contributed by atoms with Gasteiger partial charge in [0, 0.05) is 18.4 Å². The van der Waals surface area contributed by atoms with Crippen LogP contribution in [0.15, 0.2) is 52.0 Å². The van der Waals surface area contributed by atoms with Crippen LogP contribution in [-0.2, 0) is 10.0 Å². The third-order valence-corrected chi connectivity index (χ3v) is 5.30. The first-order valence-corrected chi connectivity index (χ1v) is 8.84. The summed E-state index contributed by atoms with van der Waals surface area (Å²) in [7, 11) is -3.63. The molecule has 1 aromatic carbocycles. The van der Waals surface area contributed by atoms with Crippen LogP contribution in [0.25, 0.3) is 0 Å². The molecule has 7 nitrogen and oxygen atoms in total. The van der Waals surface area contributed by atoms with Crippen LogP contribution in [0, 0.1) is 0 Å². The fourth-order valence-corrected chi connectivity index (χ4v) is 3.57. The Morgan fingerprint density at radius 1 is 1.26 bits per heavy atom. The third-order valence-electron chi connectivity index (χ3n) is 3.93. The minimum absolute atomic E-state index is 0.0966. The number of nitrogens with zero attached hydrogens (tertiary/aromatic N) is 3. The van der Waals surface area contributed by atoms with Gasteiger partial charge in [0.15, 0.2) is 0 Å². The average molecular weight is 333 g/mol. The largest absolute Gasteiger partial charge is 0.341 e. The molecule has 122 valence electrons. The van der Waals surface area contributed by atoms with Crippen LogP contribution in [0.5, 0.6) is 0 Å². The number of anilines is 1. The Kier molecular flexibility index (Phi) is 4.18. The Labute approximate surface area is 135 Å². The van der Waals surface area contributed by atoms with Crippen LogP contribution in [0.1, 0.15) is 19.9 Å². The molecule has 2 N–H and O–H groups in total.